The number of nitrogens with zero attached hydrogens (tertiary/aromatic N) is 3. The number of para-hydroxylation sites is 1. The number of hydrogen-bond acceptors (Lipinski definition) is 2. The quantitative estimate of drug-likeness (QED) is 0.849. The van der Waals surface area contributed by atoms with Crippen LogP contribution in [-0.4, -0.2) is 22.2 Å². The molecule has 0 bridgehead atoms. The van der Waals surface area contributed by atoms with Crippen molar-refractivity contribution in [1.29, 1.82) is 0 Å². The van der Waals surface area contributed by atoms with Crippen LogP contribution in [0.3, 0.4) is 0 Å². The number of anilines is 1. The minimum absolute atomic E-state index is 0.0466. The Labute approximate surface area is 142 Å². The van der Waals surface area contributed by atoms with Gasteiger partial charge in [0, 0.05) is 18.8 Å². The molecule has 0 unspecified atom stereocenters. The molecule has 5 heteroatoms. The summed E-state index contributed by atoms with van der Waals surface area (Å²) in [6, 6.07) is 8.09. The second-order valence-electron chi connectivity index (χ2n) is 6.52. The van der Waals surface area contributed by atoms with E-state index in [1.807, 2.05) is 30.0 Å². The summed E-state index contributed by atoms with van der Waals surface area (Å²) in [7, 11) is 0. The van der Waals surface area contributed by atoms with E-state index in [1.165, 1.54) is 5.56 Å². The van der Waals surface area contributed by atoms with Gasteiger partial charge in [0.25, 0.3) is 5.91 Å². The Balaban J connectivity index is 1.97. The van der Waals surface area contributed by atoms with Gasteiger partial charge in [-0.25, -0.2) is 0 Å². The summed E-state index contributed by atoms with van der Waals surface area (Å²) in [6.07, 6.45) is 1.98. The van der Waals surface area contributed by atoms with Crippen molar-refractivity contribution in [3.05, 3.63) is 46.2 Å². The number of benzene rings is 1. The Hall–Kier alpha value is -1.81. The lowest BCUT2D eigenvalue weighted by molar-refractivity contribution is 0.0984. The molecule has 122 valence electrons. The molecular formula is C18H22ClN3O. The average Bonchev–Trinajstić information content (AvgIpc) is 2.79. The van der Waals surface area contributed by atoms with Crippen molar-refractivity contribution in [3.8, 4) is 0 Å². The summed E-state index contributed by atoms with van der Waals surface area (Å²) in [5.41, 5.74) is 3.44. The van der Waals surface area contributed by atoms with Crippen LogP contribution in [0.2, 0.25) is 5.15 Å². The normalized spacial score (nSPS) is 14.2. The first kappa shape index (κ1) is 16.1. The highest BCUT2D eigenvalue weighted by Gasteiger charge is 2.28. The van der Waals surface area contributed by atoms with Gasteiger partial charge in [0.05, 0.1) is 11.3 Å². The topological polar surface area (TPSA) is 38.1 Å². The van der Waals surface area contributed by atoms with Crippen LogP contribution in [0.25, 0.3) is 0 Å². The number of amides is 1. The van der Waals surface area contributed by atoms with Crippen LogP contribution in [0.15, 0.2) is 24.3 Å². The summed E-state index contributed by atoms with van der Waals surface area (Å²) in [4.78, 5) is 14.9. The van der Waals surface area contributed by atoms with Gasteiger partial charge in [-0.3, -0.25) is 9.48 Å². The maximum absolute atomic E-state index is 13.1. The number of aryl methyl sites for hydroxylation is 2. The van der Waals surface area contributed by atoms with Gasteiger partial charge in [-0.15, -0.1) is 0 Å². The Bertz CT molecular complexity index is 736. The molecule has 0 saturated carbocycles. The Morgan fingerprint density at radius 3 is 2.83 bits per heavy atom. The Morgan fingerprint density at radius 1 is 1.35 bits per heavy atom. The van der Waals surface area contributed by atoms with Gasteiger partial charge in [-0.1, -0.05) is 43.6 Å². The van der Waals surface area contributed by atoms with E-state index in [1.54, 1.807) is 4.68 Å². The first-order valence-corrected chi connectivity index (χ1v) is 8.49. The summed E-state index contributed by atoms with van der Waals surface area (Å²) in [5, 5.41) is 4.91. The molecule has 0 spiro atoms. The lowest BCUT2D eigenvalue weighted by Crippen LogP contribution is -2.35. The molecule has 0 fully saturated rings. The monoisotopic (exact) mass is 331 g/mol. The molecule has 3 rings (SSSR count). The number of fused-ring (bicyclic) bond motifs is 1. The lowest BCUT2D eigenvalue weighted by atomic mass is 10.0. The van der Waals surface area contributed by atoms with Gasteiger partial charge < -0.3 is 4.90 Å². The highest BCUT2D eigenvalue weighted by molar-refractivity contribution is 6.33. The molecule has 2 heterocycles. The van der Waals surface area contributed by atoms with Crippen molar-refractivity contribution in [1.82, 2.24) is 9.78 Å². The molecule has 0 N–H and O–H groups in total. The second-order valence-corrected chi connectivity index (χ2v) is 6.87. The summed E-state index contributed by atoms with van der Waals surface area (Å²) >= 11 is 6.47. The van der Waals surface area contributed by atoms with E-state index in [-0.39, 0.29) is 5.91 Å². The van der Waals surface area contributed by atoms with Gasteiger partial charge >= 0.3 is 0 Å². The molecule has 23 heavy (non-hydrogen) atoms. The predicted molar refractivity (Wildman–Crippen MR) is 93.3 cm³/mol. The second kappa shape index (κ2) is 6.36. The van der Waals surface area contributed by atoms with Gasteiger partial charge in [0.15, 0.2) is 0 Å². The van der Waals surface area contributed by atoms with Crippen LogP contribution in [-0.2, 0) is 13.0 Å². The zero-order valence-electron chi connectivity index (χ0n) is 13.8. The van der Waals surface area contributed by atoms with Crippen LogP contribution in [0.5, 0.6) is 0 Å². The molecule has 1 aliphatic heterocycles. The summed E-state index contributed by atoms with van der Waals surface area (Å²) in [6.45, 7) is 7.50. The number of carbonyl (C=O) groups excluding carboxylic acids is 1. The standard InChI is InChI=1S/C18H22ClN3O/c1-12(2)11-22-17(19)16(13(3)20-22)18(23)21-10-6-8-14-7-4-5-9-15(14)21/h4-5,7,9,12H,6,8,10-11H2,1-3H3. The molecule has 2 aromatic rings. The third-order valence-electron chi connectivity index (χ3n) is 4.17. The third kappa shape index (κ3) is 3.00. The van der Waals surface area contributed by atoms with Crippen LogP contribution >= 0.6 is 11.6 Å². The molecule has 1 aromatic heterocycles. The highest BCUT2D eigenvalue weighted by atomic mass is 35.5. The van der Waals surface area contributed by atoms with E-state index in [2.05, 4.69) is 25.0 Å². The van der Waals surface area contributed by atoms with Gasteiger partial charge in [0.1, 0.15) is 5.15 Å². The molecule has 0 atom stereocenters. The van der Waals surface area contributed by atoms with Crippen LogP contribution in [0, 0.1) is 12.8 Å². The molecule has 0 radical (unpaired) electrons. The molecule has 4 nitrogen and oxygen atoms in total. The van der Waals surface area contributed by atoms with Crippen molar-refractivity contribution in [2.45, 2.75) is 40.2 Å². The fourth-order valence-corrected chi connectivity index (χ4v) is 3.47. The molecular weight excluding hydrogens is 310 g/mol. The number of rotatable bonds is 3. The van der Waals surface area contributed by atoms with Crippen LogP contribution < -0.4 is 4.90 Å². The number of halogens is 1. The number of hydrogen-bond donors (Lipinski definition) is 0. The Morgan fingerprint density at radius 2 is 2.09 bits per heavy atom. The average molecular weight is 332 g/mol. The fourth-order valence-electron chi connectivity index (χ4n) is 3.14. The van der Waals surface area contributed by atoms with Crippen molar-refractivity contribution in [2.75, 3.05) is 11.4 Å². The molecule has 0 saturated heterocycles. The maximum atomic E-state index is 13.1. The van der Waals surface area contributed by atoms with E-state index in [9.17, 15) is 4.79 Å². The van der Waals surface area contributed by atoms with E-state index in [0.717, 1.165) is 25.1 Å². The van der Waals surface area contributed by atoms with Gasteiger partial charge in [-0.2, -0.15) is 5.10 Å². The Kier molecular flexibility index (Phi) is 4.44. The minimum atomic E-state index is -0.0466. The minimum Gasteiger partial charge on any atom is -0.308 e. The van der Waals surface area contributed by atoms with Crippen molar-refractivity contribution >= 4 is 23.2 Å². The summed E-state index contributed by atoms with van der Waals surface area (Å²) < 4.78 is 1.74. The largest absolute Gasteiger partial charge is 0.308 e. The number of carbonyl (C=O) groups is 1. The first-order chi connectivity index (χ1) is 11.0. The number of aromatic nitrogens is 2. The molecule has 1 amide bonds. The van der Waals surface area contributed by atoms with Crippen molar-refractivity contribution in [3.63, 3.8) is 0 Å². The van der Waals surface area contributed by atoms with E-state index < -0.39 is 0 Å². The molecule has 0 aliphatic carbocycles. The highest BCUT2D eigenvalue weighted by Crippen LogP contribution is 2.30. The maximum Gasteiger partial charge on any atom is 0.263 e. The van der Waals surface area contributed by atoms with Gasteiger partial charge in [0.2, 0.25) is 0 Å². The van der Waals surface area contributed by atoms with Crippen LogP contribution in [0.4, 0.5) is 5.69 Å². The van der Waals surface area contributed by atoms with Crippen molar-refractivity contribution < 1.29 is 4.79 Å². The SMILES string of the molecule is Cc1nn(CC(C)C)c(Cl)c1C(=O)N1CCCc2ccccc21. The van der Waals surface area contributed by atoms with Gasteiger partial charge in [-0.05, 0) is 37.3 Å². The fraction of sp³-hybridized carbons (Fsp3) is 0.444. The van der Waals surface area contributed by atoms with E-state index >= 15 is 0 Å². The van der Waals surface area contributed by atoms with E-state index in [4.69, 9.17) is 11.6 Å². The summed E-state index contributed by atoms with van der Waals surface area (Å²) in [5.74, 6) is 0.375. The molecule has 1 aromatic carbocycles. The van der Waals surface area contributed by atoms with E-state index in [0.29, 0.717) is 28.9 Å². The predicted octanol–water partition coefficient (Wildman–Crippen LogP) is 4.09. The lowest BCUT2D eigenvalue weighted by Gasteiger charge is -2.29. The zero-order chi connectivity index (χ0) is 16.6. The zero-order valence-corrected chi connectivity index (χ0v) is 14.6. The first-order valence-electron chi connectivity index (χ1n) is 8.11. The van der Waals surface area contributed by atoms with Crippen LogP contribution in [0.1, 0.15) is 41.9 Å². The third-order valence-corrected chi connectivity index (χ3v) is 4.56. The smallest absolute Gasteiger partial charge is 0.263 e. The van der Waals surface area contributed by atoms with Crippen molar-refractivity contribution in [2.24, 2.45) is 5.92 Å². The molecule has 1 aliphatic rings.